The summed E-state index contributed by atoms with van der Waals surface area (Å²) in [5, 5.41) is 1.91. The number of fused-ring (bicyclic) bond motifs is 1. The van der Waals surface area contributed by atoms with Crippen LogP contribution in [0.2, 0.25) is 0 Å². The number of rotatable bonds is 4. The van der Waals surface area contributed by atoms with Crippen molar-refractivity contribution in [1.82, 2.24) is 9.55 Å². The Labute approximate surface area is 113 Å². The molecule has 1 atom stereocenters. The summed E-state index contributed by atoms with van der Waals surface area (Å²) in [5.41, 5.74) is 0.880. The summed E-state index contributed by atoms with van der Waals surface area (Å²) in [6.45, 7) is 2.04. The third-order valence-electron chi connectivity index (χ3n) is 2.72. The largest absolute Gasteiger partial charge is 0.331 e. The van der Waals surface area contributed by atoms with E-state index < -0.39 is 0 Å². The minimum absolute atomic E-state index is 0.0346. The van der Waals surface area contributed by atoms with E-state index in [1.165, 1.54) is 11.3 Å². The molecule has 0 bridgehead atoms. The molecule has 3 nitrogen and oxygen atoms in total. The molecule has 1 N–H and O–H groups in total. The summed E-state index contributed by atoms with van der Waals surface area (Å²) in [6, 6.07) is 2.04. The van der Waals surface area contributed by atoms with Gasteiger partial charge < -0.3 is 4.98 Å². The number of nitrogens with zero attached hydrogens (tertiary/aromatic N) is 1. The van der Waals surface area contributed by atoms with E-state index in [1.807, 2.05) is 18.4 Å². The van der Waals surface area contributed by atoms with E-state index in [0.29, 0.717) is 4.77 Å². The lowest BCUT2D eigenvalue weighted by Gasteiger charge is -2.14. The van der Waals surface area contributed by atoms with E-state index in [-0.39, 0.29) is 11.6 Å². The van der Waals surface area contributed by atoms with E-state index in [1.54, 1.807) is 16.3 Å². The molecule has 6 heteroatoms. The Kier molecular flexibility index (Phi) is 4.06. The van der Waals surface area contributed by atoms with Crippen molar-refractivity contribution < 1.29 is 0 Å². The predicted octanol–water partition coefficient (Wildman–Crippen LogP) is 3.43. The van der Waals surface area contributed by atoms with Gasteiger partial charge in [0.2, 0.25) is 0 Å². The first-order valence-corrected chi connectivity index (χ1v) is 8.04. The first kappa shape index (κ1) is 12.9. The van der Waals surface area contributed by atoms with Crippen molar-refractivity contribution in [2.45, 2.75) is 19.4 Å². The molecule has 0 fully saturated rings. The number of aromatic amines is 1. The number of hydrogen-bond acceptors (Lipinski definition) is 4. The summed E-state index contributed by atoms with van der Waals surface area (Å²) in [4.78, 5) is 15.4. The van der Waals surface area contributed by atoms with Gasteiger partial charge in [-0.25, -0.2) is 0 Å². The normalized spacial score (nSPS) is 13.1. The zero-order chi connectivity index (χ0) is 12.4. The van der Waals surface area contributed by atoms with Gasteiger partial charge in [-0.2, -0.15) is 11.8 Å². The Morgan fingerprint density at radius 3 is 3.12 bits per heavy atom. The second-order valence-corrected chi connectivity index (χ2v) is 6.19. The fraction of sp³-hybridized carbons (Fsp3) is 0.455. The minimum atomic E-state index is 0.0346. The first-order chi connectivity index (χ1) is 8.15. The molecule has 0 aliphatic carbocycles. The topological polar surface area (TPSA) is 37.8 Å². The van der Waals surface area contributed by atoms with E-state index >= 15 is 0 Å². The molecule has 2 rings (SSSR count). The van der Waals surface area contributed by atoms with Gasteiger partial charge in [-0.15, -0.1) is 11.3 Å². The molecule has 0 aliphatic rings. The lowest BCUT2D eigenvalue weighted by molar-refractivity contribution is 0.508. The van der Waals surface area contributed by atoms with Crippen LogP contribution in [0, 0.1) is 4.77 Å². The Bertz CT molecular complexity index is 625. The maximum absolute atomic E-state index is 12.3. The molecule has 2 aromatic heterocycles. The lowest BCUT2D eigenvalue weighted by Crippen LogP contribution is -2.24. The van der Waals surface area contributed by atoms with Gasteiger partial charge in [0.15, 0.2) is 4.77 Å². The van der Waals surface area contributed by atoms with E-state index in [0.717, 1.165) is 22.4 Å². The van der Waals surface area contributed by atoms with Crippen LogP contribution in [-0.4, -0.2) is 21.6 Å². The lowest BCUT2D eigenvalue weighted by atomic mass is 10.2. The molecule has 1 unspecified atom stereocenters. The SMILES string of the molecule is CSCCC(C)n1c(=S)[nH]c2ccsc2c1=O. The maximum Gasteiger partial charge on any atom is 0.272 e. The quantitative estimate of drug-likeness (QED) is 0.875. The van der Waals surface area contributed by atoms with Crippen molar-refractivity contribution in [1.29, 1.82) is 0 Å². The van der Waals surface area contributed by atoms with Gasteiger partial charge in [0.1, 0.15) is 4.70 Å². The van der Waals surface area contributed by atoms with Gasteiger partial charge in [-0.3, -0.25) is 9.36 Å². The van der Waals surface area contributed by atoms with Crippen molar-refractivity contribution in [3.8, 4) is 0 Å². The molecule has 0 saturated heterocycles. The van der Waals surface area contributed by atoms with Crippen LogP contribution in [0.4, 0.5) is 0 Å². The van der Waals surface area contributed by atoms with Gasteiger partial charge in [0, 0.05) is 6.04 Å². The van der Waals surface area contributed by atoms with Crippen LogP contribution in [-0.2, 0) is 0 Å². The maximum atomic E-state index is 12.3. The van der Waals surface area contributed by atoms with E-state index in [9.17, 15) is 4.79 Å². The Morgan fingerprint density at radius 2 is 2.41 bits per heavy atom. The third-order valence-corrected chi connectivity index (χ3v) is 4.56. The number of thiophene rings is 1. The van der Waals surface area contributed by atoms with Crippen LogP contribution in [0.1, 0.15) is 19.4 Å². The standard InChI is InChI=1S/C11H14N2OS3/c1-7(3-5-16-2)13-10(14)9-8(4-6-17-9)12-11(13)15/h4,6-7H,3,5H2,1-2H3,(H,12,15). The number of thioether (sulfide) groups is 1. The molecule has 0 amide bonds. The average molecular weight is 286 g/mol. The summed E-state index contributed by atoms with van der Waals surface area (Å²) >= 11 is 8.51. The third kappa shape index (κ3) is 2.48. The molecule has 0 radical (unpaired) electrons. The Balaban J connectivity index is 2.53. The summed E-state index contributed by atoms with van der Waals surface area (Å²) in [6.07, 6.45) is 3.02. The highest BCUT2D eigenvalue weighted by Gasteiger charge is 2.12. The van der Waals surface area contributed by atoms with Crippen LogP contribution < -0.4 is 5.56 Å². The van der Waals surface area contributed by atoms with Gasteiger partial charge >= 0.3 is 0 Å². The van der Waals surface area contributed by atoms with Crippen LogP contribution in [0.3, 0.4) is 0 Å². The van der Waals surface area contributed by atoms with Crippen molar-refractivity contribution in [3.05, 3.63) is 26.6 Å². The number of H-pyrrole nitrogens is 1. The smallest absolute Gasteiger partial charge is 0.272 e. The minimum Gasteiger partial charge on any atom is -0.331 e. The molecule has 17 heavy (non-hydrogen) atoms. The molecule has 0 aliphatic heterocycles. The van der Waals surface area contributed by atoms with Crippen LogP contribution >= 0.6 is 35.3 Å². The van der Waals surface area contributed by atoms with Crippen LogP contribution in [0.5, 0.6) is 0 Å². The van der Waals surface area contributed by atoms with E-state index in [2.05, 4.69) is 11.2 Å². The second kappa shape index (κ2) is 5.37. The number of aromatic nitrogens is 2. The van der Waals surface area contributed by atoms with Gasteiger partial charge in [-0.05, 0) is 49.0 Å². The predicted molar refractivity (Wildman–Crippen MR) is 79.0 cm³/mol. The Hall–Kier alpha value is -0.590. The Morgan fingerprint density at radius 1 is 1.65 bits per heavy atom. The molecule has 0 saturated carbocycles. The van der Waals surface area contributed by atoms with E-state index in [4.69, 9.17) is 12.2 Å². The number of nitrogens with one attached hydrogen (secondary N) is 1. The van der Waals surface area contributed by atoms with Crippen molar-refractivity contribution >= 4 is 45.5 Å². The van der Waals surface area contributed by atoms with Crippen LogP contribution in [0.25, 0.3) is 10.2 Å². The van der Waals surface area contributed by atoms with Gasteiger partial charge in [0.05, 0.1) is 5.52 Å². The van der Waals surface area contributed by atoms with Crippen molar-refractivity contribution in [3.63, 3.8) is 0 Å². The molecule has 2 heterocycles. The van der Waals surface area contributed by atoms with Crippen molar-refractivity contribution in [2.24, 2.45) is 0 Å². The highest BCUT2D eigenvalue weighted by molar-refractivity contribution is 7.98. The molecule has 2 aromatic rings. The molecular formula is C11H14N2OS3. The zero-order valence-corrected chi connectivity index (χ0v) is 12.2. The van der Waals surface area contributed by atoms with Crippen molar-refractivity contribution in [2.75, 3.05) is 12.0 Å². The highest BCUT2D eigenvalue weighted by Crippen LogP contribution is 2.17. The highest BCUT2D eigenvalue weighted by atomic mass is 32.2. The summed E-state index contributed by atoms with van der Waals surface area (Å²) < 4.78 is 2.98. The van der Waals surface area contributed by atoms with Crippen LogP contribution in [0.15, 0.2) is 16.2 Å². The van der Waals surface area contributed by atoms with Gasteiger partial charge in [0.25, 0.3) is 5.56 Å². The fourth-order valence-corrected chi connectivity index (χ4v) is 3.50. The zero-order valence-electron chi connectivity index (χ0n) is 9.73. The second-order valence-electron chi connectivity index (χ2n) is 3.90. The average Bonchev–Trinajstić information content (AvgIpc) is 2.74. The molecule has 0 spiro atoms. The molecule has 92 valence electrons. The molecule has 0 aromatic carbocycles. The monoisotopic (exact) mass is 286 g/mol. The summed E-state index contributed by atoms with van der Waals surface area (Å²) in [5.74, 6) is 1.03. The number of hydrogen-bond donors (Lipinski definition) is 1. The first-order valence-electron chi connectivity index (χ1n) is 5.36. The van der Waals surface area contributed by atoms with Gasteiger partial charge in [-0.1, -0.05) is 0 Å². The molecular weight excluding hydrogens is 272 g/mol. The fourth-order valence-electron chi connectivity index (χ4n) is 1.77. The summed E-state index contributed by atoms with van der Waals surface area (Å²) in [7, 11) is 0.